The van der Waals surface area contributed by atoms with Gasteiger partial charge in [0.2, 0.25) is 0 Å². The number of hydrogen-bond acceptors (Lipinski definition) is 1. The molecule has 1 rings (SSSR count). The third kappa shape index (κ3) is 4.21. The average molecular weight is 200 g/mol. The Hall–Kier alpha value is -0.400. The number of halogens is 1. The van der Waals surface area contributed by atoms with Crippen LogP contribution in [0, 0.1) is 5.92 Å². The highest BCUT2D eigenvalue weighted by Gasteiger charge is 2.22. The van der Waals surface area contributed by atoms with Crippen molar-refractivity contribution in [3.05, 3.63) is 0 Å². The Morgan fingerprint density at radius 2 is 1.71 bits per heavy atom. The summed E-state index contributed by atoms with van der Waals surface area (Å²) in [5, 5.41) is 0. The van der Waals surface area contributed by atoms with Crippen LogP contribution in [-0.4, -0.2) is 12.0 Å². The fraction of sp³-hybridized carbons (Fsp3) is 0.917. The molecule has 0 aliphatic heterocycles. The lowest BCUT2D eigenvalue weighted by Crippen LogP contribution is -2.19. The first kappa shape index (κ1) is 11.7. The normalized spacial score (nSPS) is 22.4. The standard InChI is InChI=1S/C12H21FO/c1-10(14)9-12(13)11-7-5-3-2-4-6-8-11/h11-12H,2-9H2,1H3. The van der Waals surface area contributed by atoms with E-state index in [0.717, 1.165) is 25.7 Å². The van der Waals surface area contributed by atoms with Gasteiger partial charge in [0.15, 0.2) is 0 Å². The van der Waals surface area contributed by atoms with Gasteiger partial charge in [-0.3, -0.25) is 4.79 Å². The SMILES string of the molecule is CC(=O)CC(F)C1CCCCCCC1. The molecule has 0 saturated heterocycles. The molecule has 14 heavy (non-hydrogen) atoms. The largest absolute Gasteiger partial charge is 0.300 e. The van der Waals surface area contributed by atoms with Crippen LogP contribution in [0.5, 0.6) is 0 Å². The fourth-order valence-electron chi connectivity index (χ4n) is 2.29. The van der Waals surface area contributed by atoms with Gasteiger partial charge in [-0.2, -0.15) is 0 Å². The van der Waals surface area contributed by atoms with Gasteiger partial charge in [-0.15, -0.1) is 0 Å². The first-order chi connectivity index (χ1) is 6.70. The average Bonchev–Trinajstić information content (AvgIpc) is 2.00. The fourth-order valence-corrected chi connectivity index (χ4v) is 2.29. The molecule has 0 aromatic heterocycles. The van der Waals surface area contributed by atoms with Crippen LogP contribution in [0.15, 0.2) is 0 Å². The van der Waals surface area contributed by atoms with Crippen LogP contribution in [0.4, 0.5) is 4.39 Å². The Morgan fingerprint density at radius 3 is 2.21 bits per heavy atom. The van der Waals surface area contributed by atoms with Crippen molar-refractivity contribution in [1.82, 2.24) is 0 Å². The van der Waals surface area contributed by atoms with Gasteiger partial charge in [0.25, 0.3) is 0 Å². The van der Waals surface area contributed by atoms with Crippen molar-refractivity contribution >= 4 is 5.78 Å². The van der Waals surface area contributed by atoms with Crippen LogP contribution in [-0.2, 0) is 4.79 Å². The number of rotatable bonds is 3. The Balaban J connectivity index is 2.34. The first-order valence-corrected chi connectivity index (χ1v) is 5.83. The summed E-state index contributed by atoms with van der Waals surface area (Å²) in [6.07, 6.45) is 7.27. The van der Waals surface area contributed by atoms with Gasteiger partial charge in [-0.25, -0.2) is 4.39 Å². The first-order valence-electron chi connectivity index (χ1n) is 5.83. The van der Waals surface area contributed by atoms with E-state index in [9.17, 15) is 9.18 Å². The van der Waals surface area contributed by atoms with Crippen LogP contribution < -0.4 is 0 Å². The van der Waals surface area contributed by atoms with E-state index in [4.69, 9.17) is 0 Å². The second-order valence-corrected chi connectivity index (χ2v) is 4.53. The van der Waals surface area contributed by atoms with E-state index in [2.05, 4.69) is 0 Å². The van der Waals surface area contributed by atoms with Gasteiger partial charge in [-0.1, -0.05) is 32.1 Å². The van der Waals surface area contributed by atoms with Crippen LogP contribution in [0.2, 0.25) is 0 Å². The van der Waals surface area contributed by atoms with Crippen LogP contribution in [0.1, 0.15) is 58.3 Å². The van der Waals surface area contributed by atoms with E-state index >= 15 is 0 Å². The monoisotopic (exact) mass is 200 g/mol. The molecule has 0 spiro atoms. The molecule has 1 aliphatic rings. The maximum Gasteiger partial charge on any atom is 0.132 e. The summed E-state index contributed by atoms with van der Waals surface area (Å²) in [5.41, 5.74) is 0. The minimum atomic E-state index is -0.884. The molecule has 0 aromatic carbocycles. The smallest absolute Gasteiger partial charge is 0.132 e. The molecule has 1 saturated carbocycles. The highest BCUT2D eigenvalue weighted by atomic mass is 19.1. The number of carbonyl (C=O) groups excluding carboxylic acids is 1. The summed E-state index contributed by atoms with van der Waals surface area (Å²) in [7, 11) is 0. The topological polar surface area (TPSA) is 17.1 Å². The van der Waals surface area contributed by atoms with E-state index in [1.807, 2.05) is 0 Å². The van der Waals surface area contributed by atoms with E-state index in [0.29, 0.717) is 0 Å². The lowest BCUT2D eigenvalue weighted by atomic mass is 9.86. The van der Waals surface area contributed by atoms with Gasteiger partial charge < -0.3 is 0 Å². The molecule has 1 fully saturated rings. The number of carbonyl (C=O) groups is 1. The summed E-state index contributed by atoms with van der Waals surface area (Å²) in [6, 6.07) is 0. The van der Waals surface area contributed by atoms with Gasteiger partial charge in [0, 0.05) is 6.42 Å². The molecule has 0 bridgehead atoms. The zero-order chi connectivity index (χ0) is 10.4. The predicted molar refractivity (Wildman–Crippen MR) is 56.0 cm³/mol. The van der Waals surface area contributed by atoms with Gasteiger partial charge in [0.05, 0.1) is 0 Å². The summed E-state index contributed by atoms with van der Waals surface area (Å²) in [4.78, 5) is 10.8. The maximum atomic E-state index is 13.6. The summed E-state index contributed by atoms with van der Waals surface area (Å²) in [6.45, 7) is 1.48. The molecule has 0 aromatic rings. The number of alkyl halides is 1. The quantitative estimate of drug-likeness (QED) is 0.679. The summed E-state index contributed by atoms with van der Waals surface area (Å²) < 4.78 is 13.6. The van der Waals surface area contributed by atoms with E-state index in [-0.39, 0.29) is 18.1 Å². The second-order valence-electron chi connectivity index (χ2n) is 4.53. The van der Waals surface area contributed by atoms with E-state index in [1.165, 1.54) is 26.2 Å². The minimum absolute atomic E-state index is 0.0143. The molecule has 1 aliphatic carbocycles. The maximum absolute atomic E-state index is 13.6. The molecular formula is C12H21FO. The third-order valence-electron chi connectivity index (χ3n) is 3.14. The Kier molecular flexibility index (Phi) is 5.13. The molecular weight excluding hydrogens is 179 g/mol. The van der Waals surface area contributed by atoms with Crippen molar-refractivity contribution in [2.24, 2.45) is 5.92 Å². The highest BCUT2D eigenvalue weighted by molar-refractivity contribution is 5.75. The van der Waals surface area contributed by atoms with Gasteiger partial charge in [-0.05, 0) is 25.7 Å². The van der Waals surface area contributed by atoms with Crippen LogP contribution >= 0.6 is 0 Å². The summed E-state index contributed by atoms with van der Waals surface area (Å²) >= 11 is 0. The van der Waals surface area contributed by atoms with Crippen molar-refractivity contribution in [2.45, 2.75) is 64.5 Å². The molecule has 82 valence electrons. The Labute approximate surface area is 86.1 Å². The van der Waals surface area contributed by atoms with Crippen LogP contribution in [0.3, 0.4) is 0 Å². The van der Waals surface area contributed by atoms with Crippen LogP contribution in [0.25, 0.3) is 0 Å². The molecule has 2 heteroatoms. The van der Waals surface area contributed by atoms with Gasteiger partial charge >= 0.3 is 0 Å². The molecule has 0 heterocycles. The van der Waals surface area contributed by atoms with Gasteiger partial charge in [0.1, 0.15) is 12.0 Å². The van der Waals surface area contributed by atoms with Crippen molar-refractivity contribution in [2.75, 3.05) is 0 Å². The van der Waals surface area contributed by atoms with E-state index in [1.54, 1.807) is 0 Å². The lowest BCUT2D eigenvalue weighted by molar-refractivity contribution is -0.118. The number of ketones is 1. The van der Waals surface area contributed by atoms with E-state index < -0.39 is 6.17 Å². The van der Waals surface area contributed by atoms with Crippen molar-refractivity contribution in [3.63, 3.8) is 0 Å². The molecule has 0 radical (unpaired) electrons. The Bertz CT molecular complexity index is 171. The predicted octanol–water partition coefficient (Wildman–Crippen LogP) is 3.66. The van der Waals surface area contributed by atoms with Crippen molar-refractivity contribution in [3.8, 4) is 0 Å². The molecule has 0 N–H and O–H groups in total. The highest BCUT2D eigenvalue weighted by Crippen LogP contribution is 2.27. The van der Waals surface area contributed by atoms with Crippen molar-refractivity contribution in [1.29, 1.82) is 0 Å². The third-order valence-corrected chi connectivity index (χ3v) is 3.14. The second kappa shape index (κ2) is 6.15. The number of Topliss-reactive ketones (excluding diaryl/α,β-unsaturated/α-hetero) is 1. The number of hydrogen-bond donors (Lipinski definition) is 0. The minimum Gasteiger partial charge on any atom is -0.300 e. The molecule has 0 amide bonds. The van der Waals surface area contributed by atoms with Crippen molar-refractivity contribution < 1.29 is 9.18 Å². The lowest BCUT2D eigenvalue weighted by Gasteiger charge is -2.22. The summed E-state index contributed by atoms with van der Waals surface area (Å²) in [5.74, 6) is 0.138. The molecule has 1 atom stereocenters. The molecule has 1 unspecified atom stereocenters. The zero-order valence-electron chi connectivity index (χ0n) is 9.10. The molecule has 1 nitrogen and oxygen atoms in total. The Morgan fingerprint density at radius 1 is 1.21 bits per heavy atom. The zero-order valence-corrected chi connectivity index (χ0v) is 9.10.